The number of benzene rings is 1. The number of rotatable bonds is 1. The van der Waals surface area contributed by atoms with Crippen LogP contribution in [0.1, 0.15) is 18.9 Å². The number of carbonyl (C=O) groups is 1. The van der Waals surface area contributed by atoms with Gasteiger partial charge in [0.25, 0.3) is 0 Å². The average Bonchev–Trinajstić information content (AvgIpc) is 2.76. The van der Waals surface area contributed by atoms with Crippen molar-refractivity contribution < 1.29 is 13.9 Å². The Bertz CT molecular complexity index is 457. The summed E-state index contributed by atoms with van der Waals surface area (Å²) in [5.74, 6) is -0.574. The van der Waals surface area contributed by atoms with E-state index in [-0.39, 0.29) is 17.2 Å². The van der Waals surface area contributed by atoms with Gasteiger partial charge in [-0.3, -0.25) is 4.79 Å². The predicted molar refractivity (Wildman–Crippen MR) is 51.8 cm³/mol. The van der Waals surface area contributed by atoms with Gasteiger partial charge in [0, 0.05) is 11.0 Å². The molecular weight excluding hydrogens is 195 g/mol. The maximum Gasteiger partial charge on any atom is 0.317 e. The number of halogens is 1. The summed E-state index contributed by atoms with van der Waals surface area (Å²) in [4.78, 5) is 11.7. The molecular formula is C12H11FO2. The maximum absolute atomic E-state index is 13.6. The topological polar surface area (TPSA) is 26.3 Å². The van der Waals surface area contributed by atoms with E-state index in [1.54, 1.807) is 18.2 Å². The fourth-order valence-corrected chi connectivity index (χ4v) is 2.72. The molecule has 0 bridgehead atoms. The van der Waals surface area contributed by atoms with Gasteiger partial charge in [-0.25, -0.2) is 4.39 Å². The molecule has 3 heteroatoms. The Morgan fingerprint density at radius 2 is 2.13 bits per heavy atom. The molecule has 15 heavy (non-hydrogen) atoms. The van der Waals surface area contributed by atoms with Crippen molar-refractivity contribution in [1.29, 1.82) is 0 Å². The second-order valence-corrected chi connectivity index (χ2v) is 4.70. The Morgan fingerprint density at radius 1 is 1.40 bits per heavy atom. The molecule has 0 N–H and O–H groups in total. The van der Waals surface area contributed by atoms with Gasteiger partial charge < -0.3 is 4.74 Å². The summed E-state index contributed by atoms with van der Waals surface area (Å²) < 4.78 is 18.7. The second-order valence-electron chi connectivity index (χ2n) is 4.70. The smallest absolute Gasteiger partial charge is 0.317 e. The molecule has 0 aromatic heterocycles. The molecule has 2 aliphatic rings. The van der Waals surface area contributed by atoms with E-state index in [0.717, 1.165) is 0 Å². The third-order valence-electron chi connectivity index (χ3n) is 3.76. The third-order valence-corrected chi connectivity index (χ3v) is 3.76. The van der Waals surface area contributed by atoms with Gasteiger partial charge in [-0.1, -0.05) is 25.1 Å². The molecule has 1 saturated heterocycles. The van der Waals surface area contributed by atoms with E-state index in [2.05, 4.69) is 0 Å². The van der Waals surface area contributed by atoms with Crippen LogP contribution in [0.2, 0.25) is 0 Å². The Kier molecular flexibility index (Phi) is 1.43. The summed E-state index contributed by atoms with van der Waals surface area (Å²) in [6, 6.07) is 6.48. The summed E-state index contributed by atoms with van der Waals surface area (Å²) in [6.45, 7) is 2.39. The zero-order valence-electron chi connectivity index (χ0n) is 8.42. The molecule has 3 rings (SSSR count). The Hall–Kier alpha value is -1.38. The summed E-state index contributed by atoms with van der Waals surface area (Å²) in [6.07, 6.45) is 0.708. The molecule has 0 spiro atoms. The molecule has 0 radical (unpaired) electrons. The minimum atomic E-state index is -0.696. The van der Waals surface area contributed by atoms with Gasteiger partial charge in [-0.2, -0.15) is 0 Å². The molecule has 2 atom stereocenters. The van der Waals surface area contributed by atoms with Crippen molar-refractivity contribution in [3.8, 4) is 0 Å². The summed E-state index contributed by atoms with van der Waals surface area (Å²) in [5, 5.41) is 0. The second kappa shape index (κ2) is 2.40. The van der Waals surface area contributed by atoms with Crippen LogP contribution < -0.4 is 0 Å². The summed E-state index contributed by atoms with van der Waals surface area (Å²) in [5.41, 5.74) is -0.389. The first kappa shape index (κ1) is 8.89. The van der Waals surface area contributed by atoms with Crippen molar-refractivity contribution in [2.24, 2.45) is 5.41 Å². The lowest BCUT2D eigenvalue weighted by Crippen LogP contribution is -2.22. The van der Waals surface area contributed by atoms with Gasteiger partial charge in [0.1, 0.15) is 11.2 Å². The molecule has 1 aromatic rings. The molecule has 0 amide bonds. The van der Waals surface area contributed by atoms with Gasteiger partial charge in [-0.15, -0.1) is 0 Å². The SMILES string of the molecule is C[C@@]12COC(=O)[C@]1(c1ccccc1F)C2. The van der Waals surface area contributed by atoms with E-state index in [4.69, 9.17) is 4.74 Å². The largest absolute Gasteiger partial charge is 0.464 e. The standard InChI is InChI=1S/C12H11FO2/c1-11-6-12(11,10(14)15-7-11)8-4-2-3-5-9(8)13/h2-5H,6-7H2,1H3/t11-,12-/m1/s1. The van der Waals surface area contributed by atoms with Crippen molar-refractivity contribution in [2.75, 3.05) is 6.61 Å². The molecule has 2 nitrogen and oxygen atoms in total. The van der Waals surface area contributed by atoms with Crippen LogP contribution in [0.15, 0.2) is 24.3 Å². The molecule has 1 saturated carbocycles. The highest BCUT2D eigenvalue weighted by atomic mass is 19.1. The number of esters is 1. The van der Waals surface area contributed by atoms with Crippen molar-refractivity contribution in [3.05, 3.63) is 35.6 Å². The van der Waals surface area contributed by atoms with Gasteiger partial charge in [0.05, 0.1) is 6.61 Å². The Morgan fingerprint density at radius 3 is 2.67 bits per heavy atom. The van der Waals surface area contributed by atoms with E-state index in [1.165, 1.54) is 6.07 Å². The number of fused-ring (bicyclic) bond motifs is 1. The lowest BCUT2D eigenvalue weighted by atomic mass is 9.89. The molecule has 1 aromatic carbocycles. The third kappa shape index (κ3) is 0.863. The minimum absolute atomic E-state index is 0.188. The Labute approximate surface area is 87.0 Å². The van der Waals surface area contributed by atoms with Gasteiger partial charge in [0.2, 0.25) is 0 Å². The molecule has 1 aliphatic heterocycles. The van der Waals surface area contributed by atoms with E-state index >= 15 is 0 Å². The average molecular weight is 206 g/mol. The van der Waals surface area contributed by atoms with Crippen molar-refractivity contribution in [2.45, 2.75) is 18.8 Å². The lowest BCUT2D eigenvalue weighted by Gasteiger charge is -2.11. The minimum Gasteiger partial charge on any atom is -0.464 e. The van der Waals surface area contributed by atoms with Crippen LogP contribution in [0, 0.1) is 11.2 Å². The zero-order valence-corrected chi connectivity index (χ0v) is 8.42. The number of ether oxygens (including phenoxy) is 1. The molecule has 1 aliphatic carbocycles. The molecule has 2 fully saturated rings. The van der Waals surface area contributed by atoms with E-state index in [1.807, 2.05) is 6.92 Å². The van der Waals surface area contributed by atoms with Crippen LogP contribution in [0.3, 0.4) is 0 Å². The first-order chi connectivity index (χ1) is 7.10. The monoisotopic (exact) mass is 206 g/mol. The fourth-order valence-electron chi connectivity index (χ4n) is 2.72. The van der Waals surface area contributed by atoms with Gasteiger partial charge in [0.15, 0.2) is 0 Å². The van der Waals surface area contributed by atoms with Crippen LogP contribution in [0.5, 0.6) is 0 Å². The van der Waals surface area contributed by atoms with Crippen LogP contribution in [0.4, 0.5) is 4.39 Å². The van der Waals surface area contributed by atoms with Gasteiger partial charge >= 0.3 is 5.97 Å². The van der Waals surface area contributed by atoms with Crippen LogP contribution in [-0.4, -0.2) is 12.6 Å². The highest BCUT2D eigenvalue weighted by Gasteiger charge is 2.76. The number of hydrogen-bond donors (Lipinski definition) is 0. The van der Waals surface area contributed by atoms with Gasteiger partial charge in [-0.05, 0) is 12.5 Å². The van der Waals surface area contributed by atoms with Crippen molar-refractivity contribution in [3.63, 3.8) is 0 Å². The summed E-state index contributed by atoms with van der Waals surface area (Å²) in [7, 11) is 0. The molecule has 0 unspecified atom stereocenters. The van der Waals surface area contributed by atoms with Crippen LogP contribution in [-0.2, 0) is 14.9 Å². The zero-order chi connectivity index (χ0) is 10.7. The first-order valence-electron chi connectivity index (χ1n) is 5.02. The number of hydrogen-bond acceptors (Lipinski definition) is 2. The first-order valence-corrected chi connectivity index (χ1v) is 5.02. The summed E-state index contributed by atoms with van der Waals surface area (Å²) >= 11 is 0. The highest BCUT2D eigenvalue weighted by molar-refractivity contribution is 5.91. The number of carbonyl (C=O) groups excluding carboxylic acids is 1. The van der Waals surface area contributed by atoms with Crippen molar-refractivity contribution >= 4 is 5.97 Å². The predicted octanol–water partition coefficient (Wildman–Crippen LogP) is 2.03. The highest BCUT2D eigenvalue weighted by Crippen LogP contribution is 2.68. The van der Waals surface area contributed by atoms with Crippen LogP contribution in [0.25, 0.3) is 0 Å². The fraction of sp³-hybridized carbons (Fsp3) is 0.417. The quantitative estimate of drug-likeness (QED) is 0.657. The molecule has 78 valence electrons. The van der Waals surface area contributed by atoms with Crippen LogP contribution >= 0.6 is 0 Å². The lowest BCUT2D eigenvalue weighted by molar-refractivity contribution is -0.142. The normalized spacial score (nSPS) is 37.3. The number of cyclic esters (lactones) is 1. The Balaban J connectivity index is 2.16. The molecule has 1 heterocycles. The van der Waals surface area contributed by atoms with Crippen molar-refractivity contribution in [1.82, 2.24) is 0 Å². The van der Waals surface area contributed by atoms with E-state index < -0.39 is 5.41 Å². The maximum atomic E-state index is 13.6. The van der Waals surface area contributed by atoms with E-state index in [9.17, 15) is 9.18 Å². The van der Waals surface area contributed by atoms with E-state index in [0.29, 0.717) is 18.6 Å².